The Morgan fingerprint density at radius 1 is 1.19 bits per heavy atom. The average molecular weight is 431 g/mol. The minimum absolute atomic E-state index is 0.117. The number of nitro groups is 1. The number of ether oxygens (including phenoxy) is 1. The summed E-state index contributed by atoms with van der Waals surface area (Å²) in [6, 6.07) is 9.42. The Morgan fingerprint density at radius 3 is 2.52 bits per heavy atom. The van der Waals surface area contributed by atoms with Crippen LogP contribution in [0.4, 0.5) is 5.69 Å². The molecule has 9 heteroatoms. The third kappa shape index (κ3) is 6.92. The Balaban J connectivity index is 2.22. The summed E-state index contributed by atoms with van der Waals surface area (Å²) in [6.45, 7) is 5.30. The van der Waals surface area contributed by atoms with Gasteiger partial charge in [-0.3, -0.25) is 19.7 Å². The van der Waals surface area contributed by atoms with Gasteiger partial charge >= 0.3 is 0 Å². The highest BCUT2D eigenvalue weighted by Gasteiger charge is 2.24. The highest BCUT2D eigenvalue weighted by molar-refractivity contribution is 5.97. The topological polar surface area (TPSA) is 97.9 Å². The number of aryl methyl sites for hydroxylation is 1. The van der Waals surface area contributed by atoms with E-state index in [1.165, 1.54) is 29.2 Å². The van der Waals surface area contributed by atoms with Crippen molar-refractivity contribution in [2.75, 3.05) is 33.4 Å². The maximum atomic E-state index is 13.1. The molecule has 0 aliphatic carbocycles. The molecular weight excluding hydrogens is 400 g/mol. The first kappa shape index (κ1) is 24.1. The van der Waals surface area contributed by atoms with E-state index < -0.39 is 10.8 Å². The van der Waals surface area contributed by atoms with Crippen LogP contribution in [0.5, 0.6) is 0 Å². The Kier molecular flexibility index (Phi) is 8.75. The van der Waals surface area contributed by atoms with Crippen LogP contribution in [0.3, 0.4) is 0 Å². The lowest BCUT2D eigenvalue weighted by molar-refractivity contribution is -0.384. The van der Waals surface area contributed by atoms with Gasteiger partial charge in [-0.2, -0.15) is 0 Å². The van der Waals surface area contributed by atoms with Crippen LogP contribution in [0.1, 0.15) is 29.9 Å². The monoisotopic (exact) mass is 430 g/mol. The zero-order valence-electron chi connectivity index (χ0n) is 18.5. The van der Waals surface area contributed by atoms with Gasteiger partial charge in [-0.15, -0.1) is 0 Å². The summed E-state index contributed by atoms with van der Waals surface area (Å²) in [5.41, 5.74) is 0.991. The van der Waals surface area contributed by atoms with Crippen LogP contribution in [0, 0.1) is 16.0 Å². The molecule has 0 atom stereocenters. The van der Waals surface area contributed by atoms with Gasteiger partial charge in [0.15, 0.2) is 0 Å². The molecule has 0 fully saturated rings. The van der Waals surface area contributed by atoms with Crippen molar-refractivity contribution in [1.82, 2.24) is 14.4 Å². The summed E-state index contributed by atoms with van der Waals surface area (Å²) in [4.78, 5) is 39.9. The number of carbonyl (C=O) groups is 2. The molecule has 168 valence electrons. The molecule has 2 aromatic rings. The second kappa shape index (κ2) is 11.3. The number of benzene rings is 1. The van der Waals surface area contributed by atoms with Crippen molar-refractivity contribution < 1.29 is 19.2 Å². The fourth-order valence-electron chi connectivity index (χ4n) is 3.21. The highest BCUT2D eigenvalue weighted by atomic mass is 16.6. The molecule has 1 heterocycles. The van der Waals surface area contributed by atoms with E-state index in [0.29, 0.717) is 26.2 Å². The van der Waals surface area contributed by atoms with Crippen molar-refractivity contribution in [3.63, 3.8) is 0 Å². The Morgan fingerprint density at radius 2 is 1.94 bits per heavy atom. The molecule has 0 aliphatic rings. The lowest BCUT2D eigenvalue weighted by Gasteiger charge is -2.29. The molecule has 0 N–H and O–H groups in total. The molecule has 9 nitrogen and oxygen atoms in total. The van der Waals surface area contributed by atoms with Crippen molar-refractivity contribution in [3.8, 4) is 0 Å². The maximum absolute atomic E-state index is 13.1. The van der Waals surface area contributed by atoms with Crippen LogP contribution in [0.15, 0.2) is 42.6 Å². The van der Waals surface area contributed by atoms with Gasteiger partial charge in [-0.1, -0.05) is 19.9 Å². The first-order valence-corrected chi connectivity index (χ1v) is 10.1. The molecule has 0 radical (unpaired) electrons. The molecule has 0 aliphatic heterocycles. The number of non-ortho nitro benzene ring substituents is 1. The predicted octanol–water partition coefficient (Wildman–Crippen LogP) is 2.71. The SMILES string of the molecule is COCCN(Cc1cccn1C)C(=O)CN(CC(C)C)C(=O)c1cccc([N+](=O)[O-])c1. The number of hydrogen-bond donors (Lipinski definition) is 0. The molecule has 0 spiro atoms. The van der Waals surface area contributed by atoms with Gasteiger partial charge in [-0.05, 0) is 24.1 Å². The van der Waals surface area contributed by atoms with Gasteiger partial charge in [-0.25, -0.2) is 0 Å². The number of nitrogens with zero attached hydrogens (tertiary/aromatic N) is 4. The summed E-state index contributed by atoms with van der Waals surface area (Å²) >= 11 is 0. The molecule has 31 heavy (non-hydrogen) atoms. The van der Waals surface area contributed by atoms with E-state index >= 15 is 0 Å². The molecule has 1 aromatic carbocycles. The Labute approximate surface area is 182 Å². The second-order valence-corrected chi connectivity index (χ2v) is 7.81. The number of hydrogen-bond acceptors (Lipinski definition) is 5. The summed E-state index contributed by atoms with van der Waals surface area (Å²) < 4.78 is 7.09. The Hall–Kier alpha value is -3.20. The third-order valence-electron chi connectivity index (χ3n) is 4.83. The standard InChI is InChI=1S/C22H30N4O5/c1-17(2)14-25(22(28)18-7-5-8-19(13-18)26(29)30)16-21(27)24(11-12-31-4)15-20-9-6-10-23(20)3/h5-10,13,17H,11-12,14-16H2,1-4H3. The molecule has 0 saturated carbocycles. The van der Waals surface area contributed by atoms with Crippen LogP contribution in [0.25, 0.3) is 0 Å². The van der Waals surface area contributed by atoms with E-state index in [1.54, 1.807) is 12.0 Å². The zero-order chi connectivity index (χ0) is 23.0. The van der Waals surface area contributed by atoms with Crippen molar-refractivity contribution >= 4 is 17.5 Å². The van der Waals surface area contributed by atoms with Crippen molar-refractivity contribution in [2.24, 2.45) is 13.0 Å². The molecule has 0 unspecified atom stereocenters. The first-order chi connectivity index (χ1) is 14.7. The van der Waals surface area contributed by atoms with Crippen LogP contribution in [0.2, 0.25) is 0 Å². The van der Waals surface area contributed by atoms with E-state index in [1.807, 2.05) is 43.8 Å². The van der Waals surface area contributed by atoms with E-state index in [9.17, 15) is 19.7 Å². The van der Waals surface area contributed by atoms with Gasteiger partial charge in [0.05, 0.1) is 18.1 Å². The van der Waals surface area contributed by atoms with Crippen LogP contribution < -0.4 is 0 Å². The van der Waals surface area contributed by atoms with Gasteiger partial charge in [0.25, 0.3) is 11.6 Å². The van der Waals surface area contributed by atoms with Gasteiger partial charge in [0, 0.05) is 56.8 Å². The third-order valence-corrected chi connectivity index (χ3v) is 4.83. The largest absolute Gasteiger partial charge is 0.383 e. The fourth-order valence-corrected chi connectivity index (χ4v) is 3.21. The van der Waals surface area contributed by atoms with Crippen LogP contribution in [-0.2, 0) is 23.1 Å². The molecule has 0 bridgehead atoms. The smallest absolute Gasteiger partial charge is 0.270 e. The molecule has 0 saturated heterocycles. The van der Waals surface area contributed by atoms with Crippen LogP contribution in [-0.4, -0.2) is 64.5 Å². The molecule has 2 amide bonds. The van der Waals surface area contributed by atoms with Crippen molar-refractivity contribution in [2.45, 2.75) is 20.4 Å². The predicted molar refractivity (Wildman–Crippen MR) is 117 cm³/mol. The average Bonchev–Trinajstić information content (AvgIpc) is 3.14. The first-order valence-electron chi connectivity index (χ1n) is 10.1. The van der Waals surface area contributed by atoms with E-state index in [-0.39, 0.29) is 29.6 Å². The summed E-state index contributed by atoms with van der Waals surface area (Å²) in [5, 5.41) is 11.1. The molecular formula is C22H30N4O5. The summed E-state index contributed by atoms with van der Waals surface area (Å²) in [7, 11) is 3.48. The number of aromatic nitrogens is 1. The molecule has 2 rings (SSSR count). The minimum Gasteiger partial charge on any atom is -0.383 e. The zero-order valence-corrected chi connectivity index (χ0v) is 18.5. The van der Waals surface area contributed by atoms with Gasteiger partial charge < -0.3 is 19.1 Å². The van der Waals surface area contributed by atoms with Crippen LogP contribution >= 0.6 is 0 Å². The number of amides is 2. The van der Waals surface area contributed by atoms with Crippen molar-refractivity contribution in [3.05, 3.63) is 64.0 Å². The minimum atomic E-state index is -0.541. The van der Waals surface area contributed by atoms with E-state index in [0.717, 1.165) is 5.69 Å². The van der Waals surface area contributed by atoms with Gasteiger partial charge in [0.2, 0.25) is 5.91 Å². The molecule has 1 aromatic heterocycles. The number of methoxy groups -OCH3 is 1. The van der Waals surface area contributed by atoms with E-state index in [2.05, 4.69) is 0 Å². The normalized spacial score (nSPS) is 10.9. The quantitative estimate of drug-likeness (QED) is 0.403. The number of rotatable bonds is 11. The lowest BCUT2D eigenvalue weighted by Crippen LogP contribution is -2.45. The number of carbonyl (C=O) groups excluding carboxylic acids is 2. The maximum Gasteiger partial charge on any atom is 0.270 e. The Bertz CT molecular complexity index is 909. The van der Waals surface area contributed by atoms with Crippen molar-refractivity contribution in [1.29, 1.82) is 0 Å². The second-order valence-electron chi connectivity index (χ2n) is 7.81. The summed E-state index contributed by atoms with van der Waals surface area (Å²) in [5.74, 6) is -0.496. The van der Waals surface area contributed by atoms with Gasteiger partial charge in [0.1, 0.15) is 6.54 Å². The lowest BCUT2D eigenvalue weighted by atomic mass is 10.1. The summed E-state index contributed by atoms with van der Waals surface area (Å²) in [6.07, 6.45) is 1.91. The van der Waals surface area contributed by atoms with E-state index in [4.69, 9.17) is 4.74 Å². The highest BCUT2D eigenvalue weighted by Crippen LogP contribution is 2.16. The fraction of sp³-hybridized carbons (Fsp3) is 0.455. The number of nitro benzene ring substituents is 1.